The van der Waals surface area contributed by atoms with Crippen LogP contribution in [0.15, 0.2) is 12.5 Å². The van der Waals surface area contributed by atoms with Crippen LogP contribution in [0.5, 0.6) is 5.88 Å². The van der Waals surface area contributed by atoms with E-state index < -0.39 is 18.1 Å². The van der Waals surface area contributed by atoms with Gasteiger partial charge in [0.1, 0.15) is 23.4 Å². The molecule has 0 aliphatic carbocycles. The average Bonchev–Trinajstić information content (AvgIpc) is 3.00. The lowest BCUT2D eigenvalue weighted by Gasteiger charge is -2.21. The Morgan fingerprint density at radius 3 is 2.72 bits per heavy atom. The summed E-state index contributed by atoms with van der Waals surface area (Å²) in [5.41, 5.74) is 2.47. The topological polar surface area (TPSA) is 98.5 Å². The molecule has 0 bridgehead atoms. The molecule has 0 aliphatic heterocycles. The maximum atomic E-state index is 12.1. The standard InChI is InChI=1S/C17H26N4O4/c1-5-12(22)14(17(23)25-7-3)18-8-11-9-21(6-2)15-13(11)19-10-20-16(15)24-4/h9-10,12,14,18,22H,5-8H2,1-4H3/t12-,14+/m1/s1. The molecular weight excluding hydrogens is 324 g/mol. The Kier molecular flexibility index (Phi) is 6.72. The van der Waals surface area contributed by atoms with Crippen LogP contribution in [0.1, 0.15) is 32.8 Å². The first kappa shape index (κ1) is 19.1. The minimum absolute atomic E-state index is 0.271. The zero-order chi connectivity index (χ0) is 18.4. The summed E-state index contributed by atoms with van der Waals surface area (Å²) in [6.45, 7) is 6.95. The molecule has 0 aliphatic rings. The summed E-state index contributed by atoms with van der Waals surface area (Å²) in [5.74, 6) is 0.0527. The molecule has 2 N–H and O–H groups in total. The fraction of sp³-hybridized carbons (Fsp3) is 0.588. The largest absolute Gasteiger partial charge is 0.479 e. The molecule has 2 atom stereocenters. The summed E-state index contributed by atoms with van der Waals surface area (Å²) in [5, 5.41) is 13.2. The summed E-state index contributed by atoms with van der Waals surface area (Å²) >= 11 is 0. The van der Waals surface area contributed by atoms with Crippen LogP contribution in [-0.2, 0) is 22.6 Å². The quantitative estimate of drug-likeness (QED) is 0.657. The van der Waals surface area contributed by atoms with E-state index >= 15 is 0 Å². The molecule has 0 unspecified atom stereocenters. The van der Waals surface area contributed by atoms with Crippen LogP contribution in [0.2, 0.25) is 0 Å². The normalized spacial score (nSPS) is 13.6. The smallest absolute Gasteiger partial charge is 0.325 e. The number of carbonyl (C=O) groups excluding carboxylic acids is 1. The monoisotopic (exact) mass is 350 g/mol. The summed E-state index contributed by atoms with van der Waals surface area (Å²) in [6, 6.07) is -0.784. The number of carbonyl (C=O) groups is 1. The molecule has 0 saturated heterocycles. The Balaban J connectivity index is 2.28. The van der Waals surface area contributed by atoms with E-state index in [1.807, 2.05) is 24.6 Å². The number of fused-ring (bicyclic) bond motifs is 1. The highest BCUT2D eigenvalue weighted by Crippen LogP contribution is 2.26. The molecule has 2 aromatic rings. The molecule has 0 aromatic carbocycles. The third-order valence-corrected chi connectivity index (χ3v) is 4.08. The van der Waals surface area contributed by atoms with Crippen molar-refractivity contribution in [3.63, 3.8) is 0 Å². The maximum absolute atomic E-state index is 12.1. The number of aliphatic hydroxyl groups is 1. The summed E-state index contributed by atoms with van der Waals surface area (Å²) in [6.07, 6.45) is 3.04. The van der Waals surface area contributed by atoms with Crippen molar-refractivity contribution in [2.24, 2.45) is 0 Å². The minimum Gasteiger partial charge on any atom is -0.479 e. The number of hydrogen-bond acceptors (Lipinski definition) is 7. The van der Waals surface area contributed by atoms with Crippen molar-refractivity contribution in [1.82, 2.24) is 19.9 Å². The summed E-state index contributed by atoms with van der Waals surface area (Å²) in [7, 11) is 1.57. The van der Waals surface area contributed by atoms with Crippen LogP contribution in [0, 0.1) is 0 Å². The molecule has 8 heteroatoms. The second kappa shape index (κ2) is 8.77. The van der Waals surface area contributed by atoms with Crippen molar-refractivity contribution in [2.45, 2.75) is 52.4 Å². The van der Waals surface area contributed by atoms with Crippen molar-refractivity contribution in [3.8, 4) is 5.88 Å². The van der Waals surface area contributed by atoms with Crippen LogP contribution >= 0.6 is 0 Å². The van der Waals surface area contributed by atoms with E-state index in [2.05, 4.69) is 15.3 Å². The SMILES string of the molecule is CCOC(=O)[C@@H](NCc1cn(CC)c2c(OC)ncnc12)[C@H](O)CC. The van der Waals surface area contributed by atoms with E-state index in [1.54, 1.807) is 14.0 Å². The first-order chi connectivity index (χ1) is 12.1. The lowest BCUT2D eigenvalue weighted by atomic mass is 10.1. The Morgan fingerprint density at radius 2 is 2.12 bits per heavy atom. The Morgan fingerprint density at radius 1 is 1.36 bits per heavy atom. The van der Waals surface area contributed by atoms with Gasteiger partial charge in [-0.25, -0.2) is 4.98 Å². The first-order valence-corrected chi connectivity index (χ1v) is 8.52. The third kappa shape index (κ3) is 4.08. The molecule has 25 heavy (non-hydrogen) atoms. The van der Waals surface area contributed by atoms with Crippen LogP contribution < -0.4 is 10.1 Å². The number of nitrogens with zero attached hydrogens (tertiary/aromatic N) is 3. The lowest BCUT2D eigenvalue weighted by molar-refractivity contribution is -0.148. The van der Waals surface area contributed by atoms with Gasteiger partial charge in [0, 0.05) is 24.8 Å². The highest BCUT2D eigenvalue weighted by atomic mass is 16.5. The van der Waals surface area contributed by atoms with E-state index in [-0.39, 0.29) is 6.61 Å². The van der Waals surface area contributed by atoms with Crippen molar-refractivity contribution in [1.29, 1.82) is 0 Å². The molecule has 2 heterocycles. The van der Waals surface area contributed by atoms with Gasteiger partial charge in [-0.1, -0.05) is 6.92 Å². The van der Waals surface area contributed by atoms with Gasteiger partial charge in [-0.15, -0.1) is 0 Å². The Bertz CT molecular complexity index is 716. The molecule has 138 valence electrons. The summed E-state index contributed by atoms with van der Waals surface area (Å²) in [4.78, 5) is 20.6. The van der Waals surface area contributed by atoms with Gasteiger partial charge < -0.3 is 19.1 Å². The third-order valence-electron chi connectivity index (χ3n) is 4.08. The van der Waals surface area contributed by atoms with Crippen LogP contribution in [0.25, 0.3) is 11.0 Å². The Hall–Kier alpha value is -2.19. The number of rotatable bonds is 9. The first-order valence-electron chi connectivity index (χ1n) is 8.52. The van der Waals surface area contributed by atoms with Crippen LogP contribution in [0.3, 0.4) is 0 Å². The number of nitrogens with one attached hydrogen (secondary N) is 1. The van der Waals surface area contributed by atoms with Gasteiger partial charge in [0.15, 0.2) is 0 Å². The second-order valence-corrected chi connectivity index (χ2v) is 5.61. The number of hydrogen-bond donors (Lipinski definition) is 2. The molecule has 0 amide bonds. The minimum atomic E-state index is -0.817. The molecule has 0 spiro atoms. The zero-order valence-electron chi connectivity index (χ0n) is 15.2. The lowest BCUT2D eigenvalue weighted by Crippen LogP contribution is -2.46. The number of aliphatic hydroxyl groups excluding tert-OH is 1. The van der Waals surface area contributed by atoms with Crippen LogP contribution in [0.4, 0.5) is 0 Å². The fourth-order valence-electron chi connectivity index (χ4n) is 2.76. The molecular formula is C17H26N4O4. The predicted octanol–water partition coefficient (Wildman–Crippen LogP) is 1.25. The van der Waals surface area contributed by atoms with Gasteiger partial charge in [0.05, 0.1) is 19.8 Å². The van der Waals surface area contributed by atoms with Gasteiger partial charge in [0.25, 0.3) is 0 Å². The zero-order valence-corrected chi connectivity index (χ0v) is 15.2. The highest BCUT2D eigenvalue weighted by Gasteiger charge is 2.27. The number of esters is 1. The molecule has 8 nitrogen and oxygen atoms in total. The van der Waals surface area contributed by atoms with Gasteiger partial charge in [0.2, 0.25) is 5.88 Å². The maximum Gasteiger partial charge on any atom is 0.325 e. The van der Waals surface area contributed by atoms with Crippen molar-refractivity contribution in [2.75, 3.05) is 13.7 Å². The number of methoxy groups -OCH3 is 1. The van der Waals surface area contributed by atoms with Crippen molar-refractivity contribution < 1.29 is 19.4 Å². The van der Waals surface area contributed by atoms with Gasteiger partial charge in [-0.2, -0.15) is 4.98 Å². The van der Waals surface area contributed by atoms with Gasteiger partial charge in [-0.05, 0) is 20.3 Å². The molecule has 2 rings (SSSR count). The van der Waals surface area contributed by atoms with E-state index in [4.69, 9.17) is 9.47 Å². The van der Waals surface area contributed by atoms with E-state index in [1.165, 1.54) is 6.33 Å². The van der Waals surface area contributed by atoms with Gasteiger partial charge in [-0.3, -0.25) is 10.1 Å². The van der Waals surface area contributed by atoms with E-state index in [9.17, 15) is 9.90 Å². The fourth-order valence-corrected chi connectivity index (χ4v) is 2.76. The number of aromatic nitrogens is 3. The number of aryl methyl sites for hydroxylation is 1. The molecule has 0 fully saturated rings. The van der Waals surface area contributed by atoms with Crippen LogP contribution in [-0.4, -0.2) is 51.5 Å². The Labute approximate surface area is 147 Å². The van der Waals surface area contributed by atoms with E-state index in [0.29, 0.717) is 18.8 Å². The number of ether oxygens (including phenoxy) is 2. The molecule has 0 saturated carbocycles. The van der Waals surface area contributed by atoms with E-state index in [0.717, 1.165) is 23.1 Å². The average molecular weight is 350 g/mol. The molecule has 0 radical (unpaired) electrons. The van der Waals surface area contributed by atoms with Crippen molar-refractivity contribution in [3.05, 3.63) is 18.1 Å². The summed E-state index contributed by atoms with van der Waals surface area (Å²) < 4.78 is 12.4. The van der Waals surface area contributed by atoms with Gasteiger partial charge >= 0.3 is 5.97 Å². The highest BCUT2D eigenvalue weighted by molar-refractivity contribution is 5.84. The predicted molar refractivity (Wildman–Crippen MR) is 93.3 cm³/mol. The van der Waals surface area contributed by atoms with Crippen molar-refractivity contribution >= 4 is 17.0 Å². The molecule has 2 aromatic heterocycles. The second-order valence-electron chi connectivity index (χ2n) is 5.61.